The standard InChI is InChI=1S/C28H25F6NO3.C20H22F3NO.C4H4O4.CHI3/c1-3-26(22-12-8-5-9-13-22,35-25(36)37-17-20-10-6-4-7-11-20)18-38-19(2)21-14-23(27(29,30)31)16-24(15-21)28(32,33)34;1-4-19(24,17-8-6-5-7-9-17)13-25-15(3)16-10-14(2)11-18(12-16)20(21,22)23;5-3(6)1-2-4(7)8;2-1(3)4/h3-16,19H,1,17-18H2,2H3,(H,35,36);4-12,15H,1,13,24H2,2-3H3;1-2H,(H,5,6)(H,7,8);1H/b;;2-1-;/t19-,26-;15-,19-;;/m11../s1. The van der Waals surface area contributed by atoms with Crippen molar-refractivity contribution in [3.8, 4) is 0 Å². The number of alkyl halides is 12. The molecule has 5 N–H and O–H groups in total. The van der Waals surface area contributed by atoms with Gasteiger partial charge in [0.2, 0.25) is 0 Å². The van der Waals surface area contributed by atoms with Gasteiger partial charge in [-0.05, 0) is 78.9 Å². The predicted octanol–water partition coefficient (Wildman–Crippen LogP) is 15.2. The quantitative estimate of drug-likeness (QED) is 0.0234. The number of halogens is 12. The number of nitrogens with two attached hydrogens (primary N) is 1. The van der Waals surface area contributed by atoms with Crippen LogP contribution in [0.15, 0.2) is 165 Å². The van der Waals surface area contributed by atoms with Crippen molar-refractivity contribution < 1.29 is 78.3 Å². The van der Waals surface area contributed by atoms with E-state index in [1.807, 2.05) is 36.4 Å². The summed E-state index contributed by atoms with van der Waals surface area (Å²) < 4.78 is 136. The van der Waals surface area contributed by atoms with Gasteiger partial charge in [0.1, 0.15) is 12.1 Å². The summed E-state index contributed by atoms with van der Waals surface area (Å²) in [5.41, 5.74) is 3.22. The van der Waals surface area contributed by atoms with E-state index in [1.54, 1.807) is 80.6 Å². The molecule has 0 saturated carbocycles. The van der Waals surface area contributed by atoms with Gasteiger partial charge in [0.15, 0.2) is 0 Å². The van der Waals surface area contributed by atoms with Crippen molar-refractivity contribution >= 4 is 85.8 Å². The molecule has 4 atom stereocenters. The first kappa shape index (κ1) is 66.1. The van der Waals surface area contributed by atoms with E-state index in [9.17, 15) is 53.9 Å². The van der Waals surface area contributed by atoms with Crippen molar-refractivity contribution in [1.82, 2.24) is 5.32 Å². The smallest absolute Gasteiger partial charge is 0.416 e. The summed E-state index contributed by atoms with van der Waals surface area (Å²) in [6, 6.07) is 31.9. The summed E-state index contributed by atoms with van der Waals surface area (Å²) >= 11 is 6.95. The van der Waals surface area contributed by atoms with E-state index in [-0.39, 0.29) is 31.5 Å². The third-order valence-electron chi connectivity index (χ3n) is 10.3. The van der Waals surface area contributed by atoms with Gasteiger partial charge in [-0.1, -0.05) is 183 Å². The summed E-state index contributed by atoms with van der Waals surface area (Å²) in [5, 5.41) is 18.3. The zero-order valence-electron chi connectivity index (χ0n) is 40.2. The van der Waals surface area contributed by atoms with Crippen LogP contribution in [0, 0.1) is 6.92 Å². The minimum Gasteiger partial charge on any atom is -0.478 e. The van der Waals surface area contributed by atoms with Crippen LogP contribution in [0.4, 0.5) is 44.3 Å². The Hall–Kier alpha value is -5.03. The number of aryl methyl sites for hydroxylation is 1. The third kappa shape index (κ3) is 23.8. The van der Waals surface area contributed by atoms with Crippen LogP contribution >= 0.6 is 67.8 Å². The maximum atomic E-state index is 13.3. The Labute approximate surface area is 469 Å². The van der Waals surface area contributed by atoms with Crippen molar-refractivity contribution in [3.63, 3.8) is 0 Å². The molecule has 0 fully saturated rings. The summed E-state index contributed by atoms with van der Waals surface area (Å²) in [6.45, 7) is 11.9. The van der Waals surface area contributed by atoms with Crippen LogP contribution in [0.2, 0.25) is 0 Å². The van der Waals surface area contributed by atoms with Crippen molar-refractivity contribution in [3.05, 3.63) is 215 Å². The van der Waals surface area contributed by atoms with Gasteiger partial charge in [0, 0.05) is 12.2 Å². The number of amides is 1. The van der Waals surface area contributed by atoms with Gasteiger partial charge in [0.05, 0.1) is 47.7 Å². The molecule has 0 saturated heterocycles. The average molecular weight is 1400 g/mol. The number of carbonyl (C=O) groups is 3. The largest absolute Gasteiger partial charge is 0.478 e. The molecule has 0 aliphatic carbocycles. The minimum atomic E-state index is -4.99. The van der Waals surface area contributed by atoms with E-state index < -0.39 is 76.5 Å². The highest BCUT2D eigenvalue weighted by atomic mass is 127. The van der Waals surface area contributed by atoms with Crippen molar-refractivity contribution in [2.45, 2.75) is 69.1 Å². The van der Waals surface area contributed by atoms with E-state index in [2.05, 4.69) is 86.2 Å². The van der Waals surface area contributed by atoms with E-state index in [4.69, 9.17) is 30.2 Å². The van der Waals surface area contributed by atoms with Gasteiger partial charge in [0.25, 0.3) is 0 Å². The van der Waals surface area contributed by atoms with Crippen LogP contribution in [0.5, 0.6) is 0 Å². The number of rotatable bonds is 17. The Morgan fingerprint density at radius 3 is 1.39 bits per heavy atom. The highest BCUT2D eigenvalue weighted by Gasteiger charge is 2.39. The first-order valence-electron chi connectivity index (χ1n) is 21.8. The van der Waals surface area contributed by atoms with E-state index in [0.29, 0.717) is 41.0 Å². The second-order valence-corrected chi connectivity index (χ2v) is 26.9. The zero-order chi connectivity index (χ0) is 56.8. The van der Waals surface area contributed by atoms with Gasteiger partial charge >= 0.3 is 36.6 Å². The highest BCUT2D eigenvalue weighted by Crippen LogP contribution is 2.39. The molecule has 10 nitrogen and oxygen atoms in total. The topological polar surface area (TPSA) is 157 Å². The Morgan fingerprint density at radius 2 is 0.987 bits per heavy atom. The molecular formula is C53H52F9I3N2O8. The summed E-state index contributed by atoms with van der Waals surface area (Å²) in [6.07, 6.45) is -12.9. The van der Waals surface area contributed by atoms with Gasteiger partial charge in [-0.3, -0.25) is 0 Å². The molecule has 0 radical (unpaired) electrons. The van der Waals surface area contributed by atoms with E-state index in [1.165, 1.54) is 13.0 Å². The van der Waals surface area contributed by atoms with E-state index >= 15 is 0 Å². The highest BCUT2D eigenvalue weighted by molar-refractivity contribution is 14.3. The molecule has 75 heavy (non-hydrogen) atoms. The number of hydrogen-bond acceptors (Lipinski definition) is 7. The predicted molar refractivity (Wildman–Crippen MR) is 292 cm³/mol. The molecule has 0 spiro atoms. The monoisotopic (exact) mass is 1400 g/mol. The number of carbonyl (C=O) groups excluding carboxylic acids is 1. The summed E-state index contributed by atoms with van der Waals surface area (Å²) in [7, 11) is 0. The summed E-state index contributed by atoms with van der Waals surface area (Å²) in [5.74, 6) is -2.51. The Balaban J connectivity index is 0.000000443. The van der Waals surface area contributed by atoms with Crippen molar-refractivity contribution in [2.24, 2.45) is 5.73 Å². The fourth-order valence-electron chi connectivity index (χ4n) is 6.38. The van der Waals surface area contributed by atoms with Gasteiger partial charge < -0.3 is 35.5 Å². The average Bonchev–Trinajstić information content (AvgIpc) is 3.35. The number of benzene rings is 5. The molecule has 0 bridgehead atoms. The second kappa shape index (κ2) is 30.6. The normalized spacial score (nSPS) is 13.9. The van der Waals surface area contributed by atoms with Crippen molar-refractivity contribution in [2.75, 3.05) is 13.2 Å². The Morgan fingerprint density at radius 1 is 0.600 bits per heavy atom. The fourth-order valence-corrected chi connectivity index (χ4v) is 6.38. The van der Waals surface area contributed by atoms with E-state index in [0.717, 1.165) is 23.2 Å². The maximum Gasteiger partial charge on any atom is 0.416 e. The van der Waals surface area contributed by atoms with Gasteiger partial charge in [-0.15, -0.1) is 13.2 Å². The van der Waals surface area contributed by atoms with Crippen LogP contribution in [0.25, 0.3) is 0 Å². The van der Waals surface area contributed by atoms with Crippen LogP contribution in [-0.2, 0) is 60.0 Å². The molecule has 0 aliphatic rings. The lowest BCUT2D eigenvalue weighted by molar-refractivity contribution is -0.143. The number of hydrogen-bond donors (Lipinski definition) is 4. The van der Waals surface area contributed by atoms with Gasteiger partial charge in [-0.2, -0.15) is 39.5 Å². The first-order chi connectivity index (χ1) is 34.8. The number of ether oxygens (including phenoxy) is 3. The van der Waals surface area contributed by atoms with Crippen LogP contribution in [0.1, 0.15) is 76.1 Å². The molecule has 5 aromatic rings. The number of aliphatic carboxylic acids is 2. The second-order valence-electron chi connectivity index (χ2n) is 16.0. The molecule has 5 aromatic carbocycles. The molecule has 5 rings (SSSR count). The number of carboxylic acids is 2. The number of carboxylic acid groups (broad SMARTS) is 2. The lowest BCUT2D eigenvalue weighted by Gasteiger charge is -2.33. The lowest BCUT2D eigenvalue weighted by Crippen LogP contribution is -2.48. The summed E-state index contributed by atoms with van der Waals surface area (Å²) in [4.78, 5) is 31.8. The molecule has 406 valence electrons. The van der Waals surface area contributed by atoms with Crippen LogP contribution in [0.3, 0.4) is 0 Å². The molecule has 0 unspecified atom stereocenters. The van der Waals surface area contributed by atoms with Crippen LogP contribution < -0.4 is 11.1 Å². The van der Waals surface area contributed by atoms with Gasteiger partial charge in [-0.25, -0.2) is 14.4 Å². The molecular weight excluding hydrogens is 1340 g/mol. The molecule has 0 aromatic heterocycles. The van der Waals surface area contributed by atoms with Crippen molar-refractivity contribution in [1.29, 1.82) is 0 Å². The molecule has 0 aliphatic heterocycles. The fraction of sp³-hybridized carbons (Fsp3) is 0.264. The first-order valence-corrected chi connectivity index (χ1v) is 25.5. The molecule has 22 heteroatoms. The minimum absolute atomic E-state index is 0.0313. The zero-order valence-corrected chi connectivity index (χ0v) is 46.6. The lowest BCUT2D eigenvalue weighted by atomic mass is 9.90. The SMILES string of the molecule is C=C[C@@](N)(CO[C@H](C)c1cc(C)cc(C(F)(F)F)c1)c1ccccc1.C=C[C@](CO[C@H](C)c1cc(C(F)(F)F)cc(C(F)(F)F)c1)(NC(=O)OCc1ccccc1)c1ccccc1.IC(I)I.O=C(O)/C=C\C(=O)O. The number of nitrogens with one attached hydrogen (secondary N) is 1. The number of alkyl carbamates (subject to hydrolysis) is 1. The third-order valence-corrected chi connectivity index (χ3v) is 10.3. The maximum absolute atomic E-state index is 13.3. The molecule has 0 heterocycles. The molecule has 1 amide bonds. The Bertz CT molecular complexity index is 2590. The Kier molecular flexibility index (Phi) is 27.0. The van der Waals surface area contributed by atoms with Crippen LogP contribution in [-0.4, -0.2) is 41.4 Å².